The Morgan fingerprint density at radius 2 is 1.97 bits per heavy atom. The summed E-state index contributed by atoms with van der Waals surface area (Å²) in [6, 6.07) is 12.7. The van der Waals surface area contributed by atoms with Gasteiger partial charge < -0.3 is 14.8 Å². The summed E-state index contributed by atoms with van der Waals surface area (Å²) in [6.45, 7) is 5.91. The van der Waals surface area contributed by atoms with E-state index in [-0.39, 0.29) is 5.91 Å². The number of aryl methyl sites for hydroxylation is 1. The Morgan fingerprint density at radius 1 is 1.20 bits per heavy atom. The summed E-state index contributed by atoms with van der Waals surface area (Å²) < 4.78 is 12.1. The molecule has 1 atom stereocenters. The third-order valence-electron chi connectivity index (χ3n) is 4.58. The predicted molar refractivity (Wildman–Crippen MR) is 122 cm³/mol. The van der Waals surface area contributed by atoms with Gasteiger partial charge in [-0.15, -0.1) is 11.3 Å². The van der Waals surface area contributed by atoms with E-state index >= 15 is 0 Å². The lowest BCUT2D eigenvalue weighted by atomic mass is 10.1. The summed E-state index contributed by atoms with van der Waals surface area (Å²) in [5, 5.41) is 4.68. The number of unbranched alkanes of at least 4 members (excludes halogenated alkanes) is 1. The first-order valence-corrected chi connectivity index (χ1v) is 11.0. The molecule has 1 amide bonds. The van der Waals surface area contributed by atoms with Crippen LogP contribution < -0.4 is 10.1 Å². The van der Waals surface area contributed by atoms with Crippen LogP contribution in [0, 0.1) is 6.92 Å². The Kier molecular flexibility index (Phi) is 7.34. The van der Waals surface area contributed by atoms with Crippen molar-refractivity contribution < 1.29 is 19.1 Å². The van der Waals surface area contributed by atoms with Gasteiger partial charge in [0.15, 0.2) is 6.10 Å². The van der Waals surface area contributed by atoms with Crippen molar-refractivity contribution in [1.29, 1.82) is 0 Å². The van der Waals surface area contributed by atoms with Crippen molar-refractivity contribution in [3.05, 3.63) is 58.6 Å². The van der Waals surface area contributed by atoms with E-state index in [1.165, 1.54) is 11.3 Å². The van der Waals surface area contributed by atoms with Gasteiger partial charge in [0.05, 0.1) is 6.61 Å². The normalized spacial score (nSPS) is 11.9. The maximum Gasteiger partial charge on any atom is 0.341 e. The van der Waals surface area contributed by atoms with E-state index in [0.29, 0.717) is 27.9 Å². The number of rotatable bonds is 8. The second-order valence-electron chi connectivity index (χ2n) is 6.95. The van der Waals surface area contributed by atoms with Gasteiger partial charge in [-0.2, -0.15) is 0 Å². The molecule has 1 unspecified atom stereocenters. The number of hydrogen-bond donors (Lipinski definition) is 1. The highest BCUT2D eigenvalue weighted by molar-refractivity contribution is 7.23. The van der Waals surface area contributed by atoms with Gasteiger partial charge >= 0.3 is 5.97 Å². The van der Waals surface area contributed by atoms with E-state index in [9.17, 15) is 9.59 Å². The Hall–Kier alpha value is -2.57. The zero-order valence-electron chi connectivity index (χ0n) is 17.2. The molecule has 1 N–H and O–H groups in total. The van der Waals surface area contributed by atoms with E-state index in [0.717, 1.165) is 28.5 Å². The first kappa shape index (κ1) is 22.1. The van der Waals surface area contributed by atoms with E-state index < -0.39 is 12.1 Å². The number of nitrogens with one attached hydrogen (secondary N) is 1. The van der Waals surface area contributed by atoms with Crippen LogP contribution in [0.2, 0.25) is 5.02 Å². The Bertz CT molecular complexity index is 1060. The number of carbonyl (C=O) groups is 2. The number of thiophene rings is 1. The number of carbonyl (C=O) groups excluding carboxylic acids is 2. The molecule has 0 fully saturated rings. The summed E-state index contributed by atoms with van der Waals surface area (Å²) in [5.41, 5.74) is 1.22. The fourth-order valence-corrected chi connectivity index (χ4v) is 4.24. The van der Waals surface area contributed by atoms with Crippen LogP contribution in [0.3, 0.4) is 0 Å². The van der Waals surface area contributed by atoms with Crippen molar-refractivity contribution in [2.24, 2.45) is 0 Å². The molecule has 0 saturated carbocycles. The SMILES string of the molecule is CCCCOC(=O)c1c(NC(=O)C(C)Oc2ccc(Cl)cc2C)sc2ccccc12. The molecule has 3 rings (SSSR count). The molecular formula is C23H24ClNO4S. The fraction of sp³-hybridized carbons (Fsp3) is 0.304. The minimum absolute atomic E-state index is 0.349. The zero-order chi connectivity index (χ0) is 21.7. The summed E-state index contributed by atoms with van der Waals surface area (Å²) in [6.07, 6.45) is 0.958. The van der Waals surface area contributed by atoms with Crippen molar-refractivity contribution in [3.63, 3.8) is 0 Å². The summed E-state index contributed by atoms with van der Waals surface area (Å²) in [5.74, 6) is -0.200. The lowest BCUT2D eigenvalue weighted by Gasteiger charge is -2.16. The number of ether oxygens (including phenoxy) is 2. The van der Waals surface area contributed by atoms with Gasteiger partial charge in [0.1, 0.15) is 16.3 Å². The minimum atomic E-state index is -0.765. The van der Waals surface area contributed by atoms with Gasteiger partial charge in [0, 0.05) is 15.1 Å². The van der Waals surface area contributed by atoms with Crippen molar-refractivity contribution in [1.82, 2.24) is 0 Å². The Balaban J connectivity index is 1.80. The van der Waals surface area contributed by atoms with Crippen molar-refractivity contribution >= 4 is 49.9 Å². The lowest BCUT2D eigenvalue weighted by Crippen LogP contribution is -2.30. The zero-order valence-corrected chi connectivity index (χ0v) is 18.7. The summed E-state index contributed by atoms with van der Waals surface area (Å²) in [7, 11) is 0. The molecule has 3 aromatic rings. The number of benzene rings is 2. The molecule has 1 aromatic heterocycles. The first-order chi connectivity index (χ1) is 14.4. The van der Waals surface area contributed by atoms with Gasteiger partial charge in [0.25, 0.3) is 5.91 Å². The molecule has 30 heavy (non-hydrogen) atoms. The van der Waals surface area contributed by atoms with Gasteiger partial charge in [0.2, 0.25) is 0 Å². The molecule has 0 radical (unpaired) electrons. The summed E-state index contributed by atoms with van der Waals surface area (Å²) in [4.78, 5) is 25.5. The van der Waals surface area contributed by atoms with Crippen LogP contribution in [0.5, 0.6) is 5.75 Å². The molecular weight excluding hydrogens is 422 g/mol. The van der Waals surface area contributed by atoms with Crippen molar-refractivity contribution in [3.8, 4) is 5.75 Å². The van der Waals surface area contributed by atoms with Crippen LogP contribution in [-0.4, -0.2) is 24.6 Å². The topological polar surface area (TPSA) is 64.6 Å². The van der Waals surface area contributed by atoms with E-state index in [1.54, 1.807) is 25.1 Å². The van der Waals surface area contributed by atoms with Gasteiger partial charge in [-0.3, -0.25) is 4.79 Å². The van der Waals surface area contributed by atoms with Crippen LogP contribution in [0.15, 0.2) is 42.5 Å². The fourth-order valence-electron chi connectivity index (χ4n) is 2.92. The molecule has 5 nitrogen and oxygen atoms in total. The molecule has 2 aromatic carbocycles. The molecule has 0 aliphatic rings. The second kappa shape index (κ2) is 9.96. The maximum atomic E-state index is 12.8. The van der Waals surface area contributed by atoms with Crippen LogP contribution in [-0.2, 0) is 9.53 Å². The second-order valence-corrected chi connectivity index (χ2v) is 8.44. The Labute approximate surface area is 184 Å². The van der Waals surface area contributed by atoms with Crippen LogP contribution in [0.25, 0.3) is 10.1 Å². The monoisotopic (exact) mass is 445 g/mol. The number of anilines is 1. The maximum absolute atomic E-state index is 12.8. The van der Waals surface area contributed by atoms with Crippen LogP contribution in [0.4, 0.5) is 5.00 Å². The molecule has 0 spiro atoms. The van der Waals surface area contributed by atoms with Gasteiger partial charge in [-0.25, -0.2) is 4.79 Å². The van der Waals surface area contributed by atoms with Crippen LogP contribution in [0.1, 0.15) is 42.6 Å². The van der Waals surface area contributed by atoms with E-state index in [4.69, 9.17) is 21.1 Å². The Morgan fingerprint density at radius 3 is 2.70 bits per heavy atom. The molecule has 0 aliphatic carbocycles. The van der Waals surface area contributed by atoms with E-state index in [2.05, 4.69) is 5.32 Å². The average Bonchev–Trinajstić information content (AvgIpc) is 3.08. The third-order valence-corrected chi connectivity index (χ3v) is 5.90. The molecule has 7 heteroatoms. The van der Waals surface area contributed by atoms with Crippen molar-refractivity contribution in [2.45, 2.75) is 39.7 Å². The highest BCUT2D eigenvalue weighted by Gasteiger charge is 2.24. The highest BCUT2D eigenvalue weighted by atomic mass is 35.5. The molecule has 158 valence electrons. The number of fused-ring (bicyclic) bond motifs is 1. The number of hydrogen-bond acceptors (Lipinski definition) is 5. The van der Waals surface area contributed by atoms with Crippen molar-refractivity contribution in [2.75, 3.05) is 11.9 Å². The standard InChI is InChI=1S/C23H24ClNO4S/c1-4-5-12-28-23(27)20-17-8-6-7-9-19(17)30-22(20)25-21(26)15(3)29-18-11-10-16(24)13-14(18)2/h6-11,13,15H,4-5,12H2,1-3H3,(H,25,26). The number of esters is 1. The molecule has 0 aliphatic heterocycles. The minimum Gasteiger partial charge on any atom is -0.481 e. The van der Waals surface area contributed by atoms with Gasteiger partial charge in [-0.05, 0) is 50.1 Å². The first-order valence-electron chi connectivity index (χ1n) is 9.83. The largest absolute Gasteiger partial charge is 0.481 e. The molecule has 0 bridgehead atoms. The molecule has 0 saturated heterocycles. The average molecular weight is 446 g/mol. The lowest BCUT2D eigenvalue weighted by molar-refractivity contribution is -0.122. The third kappa shape index (κ3) is 5.12. The predicted octanol–water partition coefficient (Wildman–Crippen LogP) is 6.23. The van der Waals surface area contributed by atoms with E-state index in [1.807, 2.05) is 38.1 Å². The van der Waals surface area contributed by atoms with Gasteiger partial charge in [-0.1, -0.05) is 43.1 Å². The van der Waals surface area contributed by atoms with Crippen LogP contribution >= 0.6 is 22.9 Å². The summed E-state index contributed by atoms with van der Waals surface area (Å²) >= 11 is 7.32. The molecule has 1 heterocycles. The highest BCUT2D eigenvalue weighted by Crippen LogP contribution is 2.36. The smallest absolute Gasteiger partial charge is 0.341 e. The number of amides is 1. The quantitative estimate of drug-likeness (QED) is 0.330. The number of halogens is 1.